The van der Waals surface area contributed by atoms with E-state index in [1.807, 2.05) is 44.2 Å². The molecule has 1 aliphatic rings. The van der Waals surface area contributed by atoms with Crippen LogP contribution in [-0.2, 0) is 59.2 Å². The fraction of sp³-hybridized carbons (Fsp3) is 0.417. The van der Waals surface area contributed by atoms with Gasteiger partial charge in [-0.15, -0.1) is 0 Å². The monoisotopic (exact) mass is 1140 g/mol. The zero-order chi connectivity index (χ0) is 60.3. The third-order valence-corrected chi connectivity index (χ3v) is 13.7. The van der Waals surface area contributed by atoms with Crippen molar-refractivity contribution in [3.05, 3.63) is 102 Å². The summed E-state index contributed by atoms with van der Waals surface area (Å²) in [5, 5.41) is 25.2. The molecule has 4 atom stereocenters. The number of esters is 1. The molecule has 9 N–H and O–H groups in total. The molecular weight excluding hydrogens is 1070 g/mol. The third-order valence-electron chi connectivity index (χ3n) is 13.7. The van der Waals surface area contributed by atoms with Crippen LogP contribution in [0.3, 0.4) is 0 Å². The lowest BCUT2D eigenvalue weighted by molar-refractivity contribution is -0.145. The Bertz CT molecular complexity index is 3180. The van der Waals surface area contributed by atoms with Gasteiger partial charge in [-0.05, 0) is 100 Å². The number of carbonyl (C=O) groups excluding carboxylic acids is 11. The van der Waals surface area contributed by atoms with Crippen LogP contribution in [0, 0.1) is 11.8 Å². The van der Waals surface area contributed by atoms with Crippen LogP contribution in [0.15, 0.2) is 91.0 Å². The molecule has 0 aliphatic carbocycles. The molecule has 0 radical (unpaired) electrons. The van der Waals surface area contributed by atoms with E-state index in [1.165, 1.54) is 50.4 Å². The van der Waals surface area contributed by atoms with Gasteiger partial charge in [0, 0.05) is 70.0 Å². The van der Waals surface area contributed by atoms with Crippen molar-refractivity contribution in [1.29, 1.82) is 0 Å². The van der Waals surface area contributed by atoms with Gasteiger partial charge in [0.15, 0.2) is 0 Å². The number of urea groups is 1. The number of amides is 11. The smallest absolute Gasteiger partial charge is 0.411 e. The molecule has 0 spiro atoms. The topological polar surface area (TPSA) is 323 Å². The van der Waals surface area contributed by atoms with Crippen molar-refractivity contribution in [1.82, 2.24) is 41.7 Å². The molecule has 6 rings (SSSR count). The predicted molar refractivity (Wildman–Crippen MR) is 310 cm³/mol. The highest BCUT2D eigenvalue weighted by Gasteiger charge is 2.33. The summed E-state index contributed by atoms with van der Waals surface area (Å²) in [6.07, 6.45) is 1.17. The van der Waals surface area contributed by atoms with Gasteiger partial charge in [0.05, 0.1) is 6.61 Å². The second-order valence-electron chi connectivity index (χ2n) is 21.2. The SMILES string of the molecule is CC(=O)N[C@@H](CCC(=O)OCC(C)C)C(=O)N[C@H](C(=O)N[C@@H](CCCNC(N)=O)C(=O)Nc1ccc(C(OC(=O)N(C)CC(=O)NCc2ccc3ccc4cccc5ccc2c3c45)C(=O)NCCCCCN2C(=O)C=CC2=O)cc1)C(C)C. The highest BCUT2D eigenvalue weighted by atomic mass is 16.6. The Morgan fingerprint density at radius 2 is 1.29 bits per heavy atom. The Morgan fingerprint density at radius 1 is 0.651 bits per heavy atom. The van der Waals surface area contributed by atoms with E-state index in [2.05, 4.69) is 61.5 Å². The Kier molecular flexibility index (Phi) is 22.8. The molecule has 0 saturated carbocycles. The van der Waals surface area contributed by atoms with Crippen LogP contribution in [0.25, 0.3) is 32.3 Å². The van der Waals surface area contributed by atoms with Crippen LogP contribution in [0.2, 0.25) is 0 Å². The van der Waals surface area contributed by atoms with Crippen molar-refractivity contribution >= 4 is 103 Å². The molecule has 0 bridgehead atoms. The van der Waals surface area contributed by atoms with Crippen LogP contribution < -0.4 is 43.0 Å². The fourth-order valence-electron chi connectivity index (χ4n) is 9.39. The number of imide groups is 1. The maximum atomic E-state index is 14.0. The van der Waals surface area contributed by atoms with E-state index in [9.17, 15) is 52.7 Å². The molecule has 0 aromatic heterocycles. The normalized spacial score (nSPS) is 13.6. The summed E-state index contributed by atoms with van der Waals surface area (Å²) >= 11 is 0. The largest absolute Gasteiger partial charge is 0.465 e. The van der Waals surface area contributed by atoms with E-state index in [1.54, 1.807) is 13.8 Å². The maximum Gasteiger partial charge on any atom is 0.411 e. The molecule has 0 fully saturated rings. The van der Waals surface area contributed by atoms with Gasteiger partial charge in [-0.2, -0.15) is 0 Å². The molecule has 11 amide bonds. The van der Waals surface area contributed by atoms with Crippen LogP contribution >= 0.6 is 0 Å². The molecule has 83 heavy (non-hydrogen) atoms. The van der Waals surface area contributed by atoms with Gasteiger partial charge in [-0.25, -0.2) is 9.59 Å². The molecule has 1 heterocycles. The second kappa shape index (κ2) is 30.1. The van der Waals surface area contributed by atoms with Crippen molar-refractivity contribution < 1.29 is 62.2 Å². The Hall–Kier alpha value is -9.15. The van der Waals surface area contributed by atoms with Gasteiger partial charge >= 0.3 is 18.1 Å². The number of hydrogen-bond acceptors (Lipinski definition) is 13. The lowest BCUT2D eigenvalue weighted by atomic mass is 9.92. The van der Waals surface area contributed by atoms with Gasteiger partial charge < -0.3 is 57.3 Å². The van der Waals surface area contributed by atoms with E-state index in [4.69, 9.17) is 15.2 Å². The van der Waals surface area contributed by atoms with Crippen LogP contribution in [0.4, 0.5) is 15.3 Å². The summed E-state index contributed by atoms with van der Waals surface area (Å²) in [5.74, 6) is -5.76. The minimum Gasteiger partial charge on any atom is -0.465 e. The number of nitrogens with zero attached hydrogens (tertiary/aromatic N) is 2. The Labute approximate surface area is 480 Å². The van der Waals surface area contributed by atoms with Crippen LogP contribution in [0.1, 0.15) is 96.8 Å². The molecular formula is C60H74N10O13. The highest BCUT2D eigenvalue weighted by molar-refractivity contribution is 6.23. The van der Waals surface area contributed by atoms with E-state index in [0.717, 1.165) is 47.7 Å². The van der Waals surface area contributed by atoms with E-state index < -0.39 is 102 Å². The summed E-state index contributed by atoms with van der Waals surface area (Å²) in [5.41, 5.74) is 6.51. The molecule has 0 saturated heterocycles. The van der Waals surface area contributed by atoms with E-state index >= 15 is 0 Å². The summed E-state index contributed by atoms with van der Waals surface area (Å²) < 4.78 is 11.0. The molecule has 442 valence electrons. The van der Waals surface area contributed by atoms with E-state index in [-0.39, 0.29) is 75.6 Å². The summed E-state index contributed by atoms with van der Waals surface area (Å²) in [7, 11) is 1.35. The van der Waals surface area contributed by atoms with Crippen molar-refractivity contribution in [3.8, 4) is 0 Å². The summed E-state index contributed by atoms with van der Waals surface area (Å²) in [6, 6.07) is 19.6. The number of ether oxygens (including phenoxy) is 2. The Balaban J connectivity index is 1.12. The zero-order valence-electron chi connectivity index (χ0n) is 47.6. The number of carbonyl (C=O) groups is 11. The number of unbranched alkanes of at least 4 members (excludes halogenated alkanes) is 2. The average molecular weight is 1140 g/mol. The minimum absolute atomic E-state index is 0.0167. The summed E-state index contributed by atoms with van der Waals surface area (Å²) in [6.45, 7) is 8.58. The standard InChI is InChI=1S/C60H74N10O13/c1-35(2)34-82-50(75)28-25-46(65-37(5)71)56(77)68-53(36(3)4)57(78)67-45(14-11-30-63-59(61)80)55(76)66-43-22-19-41(20-23-43)54(58(79)62-29-8-7-9-31-70-48(73)26-27-49(70)74)83-60(81)69(6)33-47(72)64-32-42-18-17-40-16-15-38-12-10-13-39-21-24-44(42)52(40)51(38)39/h10,12-13,15-24,26-27,35-36,45-46,53-54H,7-9,11,14,25,28-34H2,1-6H3,(H,62,79)(H,64,72)(H,65,71)(H,66,76)(H,67,78)(H,68,77)(H3,61,63,80)/t45-,46-,53-,54?/m0/s1. The number of nitrogens with two attached hydrogens (primary N) is 1. The van der Waals surface area contributed by atoms with Crippen LogP contribution in [-0.4, -0.2) is 133 Å². The number of primary amides is 1. The third kappa shape index (κ3) is 18.2. The van der Waals surface area contributed by atoms with Crippen molar-refractivity contribution in [2.45, 2.75) is 110 Å². The highest BCUT2D eigenvalue weighted by Crippen LogP contribution is 2.36. The first kappa shape index (κ1) is 63.0. The average Bonchev–Trinajstić information content (AvgIpc) is 2.36. The van der Waals surface area contributed by atoms with Gasteiger partial charge in [0.1, 0.15) is 24.7 Å². The maximum absolute atomic E-state index is 14.0. The number of anilines is 1. The fourth-order valence-corrected chi connectivity index (χ4v) is 9.39. The van der Waals surface area contributed by atoms with Crippen molar-refractivity contribution in [2.24, 2.45) is 17.6 Å². The first-order valence-electron chi connectivity index (χ1n) is 27.7. The lowest BCUT2D eigenvalue weighted by Gasteiger charge is -2.27. The number of nitrogens with one attached hydrogen (secondary N) is 7. The minimum atomic E-state index is -1.56. The number of hydrogen-bond donors (Lipinski definition) is 8. The van der Waals surface area contributed by atoms with Gasteiger partial charge in [-0.1, -0.05) is 94.4 Å². The number of rotatable bonds is 30. The second-order valence-corrected chi connectivity index (χ2v) is 21.2. The van der Waals surface area contributed by atoms with Crippen molar-refractivity contribution in [3.63, 3.8) is 0 Å². The molecule has 23 nitrogen and oxygen atoms in total. The van der Waals surface area contributed by atoms with Gasteiger partial charge in [0.2, 0.25) is 35.6 Å². The number of benzene rings is 5. The van der Waals surface area contributed by atoms with Crippen molar-refractivity contribution in [2.75, 3.05) is 45.2 Å². The van der Waals surface area contributed by atoms with Gasteiger partial charge in [-0.3, -0.25) is 48.1 Å². The first-order valence-corrected chi connectivity index (χ1v) is 27.7. The molecule has 5 aromatic rings. The predicted octanol–water partition coefficient (Wildman–Crippen LogP) is 4.72. The van der Waals surface area contributed by atoms with E-state index in [0.29, 0.717) is 19.3 Å². The Morgan fingerprint density at radius 3 is 1.94 bits per heavy atom. The lowest BCUT2D eigenvalue weighted by Crippen LogP contribution is -2.57. The molecule has 5 aromatic carbocycles. The molecule has 23 heteroatoms. The molecule has 1 aliphatic heterocycles. The zero-order valence-corrected chi connectivity index (χ0v) is 47.6. The number of likely N-dealkylation sites (N-methyl/N-ethyl adjacent to an activating group) is 1. The summed E-state index contributed by atoms with van der Waals surface area (Å²) in [4.78, 5) is 145. The van der Waals surface area contributed by atoms with Crippen LogP contribution in [0.5, 0.6) is 0 Å². The first-order chi connectivity index (χ1) is 39.6. The molecule has 1 unspecified atom stereocenters. The quantitative estimate of drug-likeness (QED) is 0.0134. The van der Waals surface area contributed by atoms with Gasteiger partial charge in [0.25, 0.3) is 17.7 Å².